The third-order valence-corrected chi connectivity index (χ3v) is 10.7. The quantitative estimate of drug-likeness (QED) is 0.0759. The highest BCUT2D eigenvalue weighted by Crippen LogP contribution is 2.24. The Balaban J connectivity index is 4.01. The fourth-order valence-corrected chi connectivity index (χ4v) is 7.88. The number of hydrogen-bond donors (Lipinski definition) is 1. The van der Waals surface area contributed by atoms with E-state index in [4.69, 9.17) is 0 Å². The molecule has 3 nitrogen and oxygen atoms in total. The number of carbonyl (C=O) groups is 1. The molecule has 0 aliphatic heterocycles. The average molecular weight is 601 g/mol. The van der Waals surface area contributed by atoms with Crippen molar-refractivity contribution in [1.29, 1.82) is 0 Å². The molecule has 0 fully saturated rings. The van der Waals surface area contributed by atoms with Crippen molar-refractivity contribution >= 4 is 29.4 Å². The van der Waals surface area contributed by atoms with Gasteiger partial charge < -0.3 is 10.2 Å². The molecule has 0 heterocycles. The molecular formula is C35H72N2OS2. The second kappa shape index (κ2) is 33.6. The second-order valence-electron chi connectivity index (χ2n) is 12.3. The molecule has 0 saturated heterocycles. The molecule has 0 aromatic rings. The average Bonchev–Trinajstić information content (AvgIpc) is 2.94. The van der Waals surface area contributed by atoms with Crippen LogP contribution in [0.3, 0.4) is 0 Å². The van der Waals surface area contributed by atoms with Gasteiger partial charge in [0, 0.05) is 24.0 Å². The van der Waals surface area contributed by atoms with Gasteiger partial charge >= 0.3 is 0 Å². The van der Waals surface area contributed by atoms with E-state index in [0.29, 0.717) is 11.7 Å². The van der Waals surface area contributed by atoms with Crippen molar-refractivity contribution in [2.24, 2.45) is 0 Å². The van der Waals surface area contributed by atoms with Crippen LogP contribution < -0.4 is 5.32 Å². The molecule has 0 saturated carbocycles. The smallest absolute Gasteiger partial charge is 0.219 e. The minimum atomic E-state index is 0.246. The van der Waals surface area contributed by atoms with Gasteiger partial charge in [-0.3, -0.25) is 4.79 Å². The SMILES string of the molecule is CCCCCCCCCCCCSCC(CCCC(=O)NCCCN(C)C)SCCCCCCCCCCCC. The second-order valence-corrected chi connectivity index (χ2v) is 14.9. The van der Waals surface area contributed by atoms with Gasteiger partial charge in [-0.05, 0) is 64.2 Å². The summed E-state index contributed by atoms with van der Waals surface area (Å²) in [5.41, 5.74) is 0. The van der Waals surface area contributed by atoms with E-state index in [2.05, 4.69) is 61.7 Å². The maximum Gasteiger partial charge on any atom is 0.219 e. The van der Waals surface area contributed by atoms with E-state index >= 15 is 0 Å². The Morgan fingerprint density at radius 3 is 1.60 bits per heavy atom. The van der Waals surface area contributed by atoms with Gasteiger partial charge in [-0.15, -0.1) is 0 Å². The molecule has 0 aliphatic carbocycles. The topological polar surface area (TPSA) is 32.3 Å². The number of thioether (sulfide) groups is 2. The lowest BCUT2D eigenvalue weighted by atomic mass is 10.1. The summed E-state index contributed by atoms with van der Waals surface area (Å²) in [5.74, 6) is 4.13. The monoisotopic (exact) mass is 601 g/mol. The minimum Gasteiger partial charge on any atom is -0.356 e. The predicted molar refractivity (Wildman–Crippen MR) is 187 cm³/mol. The van der Waals surface area contributed by atoms with Crippen LogP contribution >= 0.6 is 23.5 Å². The molecule has 1 amide bonds. The summed E-state index contributed by atoms with van der Waals surface area (Å²) >= 11 is 4.37. The van der Waals surface area contributed by atoms with Crippen molar-refractivity contribution in [1.82, 2.24) is 10.2 Å². The lowest BCUT2D eigenvalue weighted by Gasteiger charge is -2.16. The van der Waals surface area contributed by atoms with Crippen molar-refractivity contribution in [2.75, 3.05) is 44.4 Å². The predicted octanol–water partition coefficient (Wildman–Crippen LogP) is 10.9. The number of amides is 1. The summed E-state index contributed by atoms with van der Waals surface area (Å²) in [6.45, 7) is 6.44. The van der Waals surface area contributed by atoms with E-state index in [-0.39, 0.29) is 5.91 Å². The number of nitrogens with one attached hydrogen (secondary N) is 1. The van der Waals surface area contributed by atoms with Gasteiger partial charge in [-0.2, -0.15) is 23.5 Å². The normalized spacial score (nSPS) is 12.3. The Kier molecular flexibility index (Phi) is 33.7. The zero-order chi connectivity index (χ0) is 29.4. The van der Waals surface area contributed by atoms with Crippen LogP contribution in [0.15, 0.2) is 0 Å². The highest BCUT2D eigenvalue weighted by atomic mass is 32.2. The maximum absolute atomic E-state index is 12.3. The molecule has 1 N–H and O–H groups in total. The van der Waals surface area contributed by atoms with Crippen LogP contribution in [0.2, 0.25) is 0 Å². The summed E-state index contributed by atoms with van der Waals surface area (Å²) < 4.78 is 0. The van der Waals surface area contributed by atoms with Crippen LogP contribution in [-0.2, 0) is 4.79 Å². The van der Waals surface area contributed by atoms with Gasteiger partial charge in [0.15, 0.2) is 0 Å². The number of rotatable bonds is 33. The molecule has 0 radical (unpaired) electrons. The van der Waals surface area contributed by atoms with Crippen LogP contribution in [0.25, 0.3) is 0 Å². The highest BCUT2D eigenvalue weighted by molar-refractivity contribution is 8.03. The first kappa shape index (κ1) is 40.1. The summed E-state index contributed by atoms with van der Waals surface area (Å²) in [6.07, 6.45) is 32.3. The molecular weight excluding hydrogens is 529 g/mol. The third-order valence-electron chi connectivity index (χ3n) is 7.83. The molecule has 0 bridgehead atoms. The molecule has 0 spiro atoms. The molecule has 0 aliphatic rings. The fraction of sp³-hybridized carbons (Fsp3) is 0.971. The molecule has 40 heavy (non-hydrogen) atoms. The highest BCUT2D eigenvalue weighted by Gasteiger charge is 2.11. The van der Waals surface area contributed by atoms with Crippen molar-refractivity contribution in [3.63, 3.8) is 0 Å². The van der Waals surface area contributed by atoms with Crippen LogP contribution in [-0.4, -0.2) is 60.5 Å². The number of hydrogen-bond acceptors (Lipinski definition) is 4. The molecule has 1 unspecified atom stereocenters. The van der Waals surface area contributed by atoms with E-state index in [9.17, 15) is 4.79 Å². The molecule has 0 aromatic carbocycles. The molecule has 0 rings (SSSR count). The van der Waals surface area contributed by atoms with E-state index in [1.807, 2.05) is 0 Å². The van der Waals surface area contributed by atoms with Crippen LogP contribution in [0.4, 0.5) is 0 Å². The number of carbonyl (C=O) groups excluding carboxylic acids is 1. The van der Waals surface area contributed by atoms with Crippen molar-refractivity contribution in [3.8, 4) is 0 Å². The molecule has 5 heteroatoms. The van der Waals surface area contributed by atoms with Gasteiger partial charge in [0.05, 0.1) is 0 Å². The van der Waals surface area contributed by atoms with Crippen molar-refractivity contribution in [3.05, 3.63) is 0 Å². The van der Waals surface area contributed by atoms with Crippen LogP contribution in [0.5, 0.6) is 0 Å². The fourth-order valence-electron chi connectivity index (χ4n) is 5.16. The van der Waals surface area contributed by atoms with Gasteiger partial charge in [0.25, 0.3) is 0 Å². The van der Waals surface area contributed by atoms with E-state index in [0.717, 1.165) is 25.9 Å². The Labute approximate surface area is 261 Å². The zero-order valence-electron chi connectivity index (χ0n) is 27.8. The van der Waals surface area contributed by atoms with E-state index in [1.54, 1.807) is 0 Å². The van der Waals surface area contributed by atoms with Gasteiger partial charge in [0.2, 0.25) is 5.91 Å². The Morgan fingerprint density at radius 1 is 0.625 bits per heavy atom. The standard InChI is InChI=1S/C35H72N2OS2/c1-5-7-9-11-13-15-17-19-21-23-31-39-33-34(27-25-28-35(38)36-29-26-30-37(3)4)40-32-24-22-20-18-16-14-12-10-8-6-2/h34H,5-33H2,1-4H3,(H,36,38). The first-order chi connectivity index (χ1) is 19.6. The largest absolute Gasteiger partial charge is 0.356 e. The van der Waals surface area contributed by atoms with Crippen molar-refractivity contribution < 1.29 is 4.79 Å². The lowest BCUT2D eigenvalue weighted by molar-refractivity contribution is -0.121. The van der Waals surface area contributed by atoms with Gasteiger partial charge in [-0.25, -0.2) is 0 Å². The first-order valence-electron chi connectivity index (χ1n) is 17.7. The Hall–Kier alpha value is 0.130. The third kappa shape index (κ3) is 32.6. The summed E-state index contributed by atoms with van der Waals surface area (Å²) in [6, 6.07) is 0. The summed E-state index contributed by atoms with van der Waals surface area (Å²) in [5, 5.41) is 3.83. The van der Waals surface area contributed by atoms with Crippen LogP contribution in [0, 0.1) is 0 Å². The minimum absolute atomic E-state index is 0.246. The Morgan fingerprint density at radius 2 is 1.10 bits per heavy atom. The molecule has 240 valence electrons. The zero-order valence-corrected chi connectivity index (χ0v) is 29.4. The van der Waals surface area contributed by atoms with E-state index < -0.39 is 0 Å². The molecule has 1 atom stereocenters. The van der Waals surface area contributed by atoms with Crippen molar-refractivity contribution in [2.45, 2.75) is 173 Å². The summed E-state index contributed by atoms with van der Waals surface area (Å²) in [4.78, 5) is 14.4. The van der Waals surface area contributed by atoms with E-state index in [1.165, 1.54) is 152 Å². The molecule has 0 aromatic heterocycles. The Bertz CT molecular complexity index is 504. The first-order valence-corrected chi connectivity index (χ1v) is 19.9. The number of unbranched alkanes of at least 4 members (excludes halogenated alkanes) is 18. The maximum atomic E-state index is 12.3. The van der Waals surface area contributed by atoms with Crippen LogP contribution in [0.1, 0.15) is 168 Å². The number of nitrogens with zero attached hydrogens (tertiary/aromatic N) is 1. The lowest BCUT2D eigenvalue weighted by Crippen LogP contribution is -2.27. The summed E-state index contributed by atoms with van der Waals surface area (Å²) in [7, 11) is 4.17. The van der Waals surface area contributed by atoms with Gasteiger partial charge in [0.1, 0.15) is 0 Å². The van der Waals surface area contributed by atoms with Gasteiger partial charge in [-0.1, -0.05) is 129 Å².